The summed E-state index contributed by atoms with van der Waals surface area (Å²) in [6.45, 7) is 0. The van der Waals surface area contributed by atoms with Crippen molar-refractivity contribution in [1.29, 1.82) is 0 Å². The molecular formula is C8H4BrFN2S. The third kappa shape index (κ3) is 1.76. The lowest BCUT2D eigenvalue weighted by Crippen LogP contribution is -1.87. The number of pyridine rings is 1. The number of nitrogens with zero attached hydrogens (tertiary/aromatic N) is 2. The summed E-state index contributed by atoms with van der Waals surface area (Å²) >= 11 is 4.62. The van der Waals surface area contributed by atoms with E-state index >= 15 is 0 Å². The van der Waals surface area contributed by atoms with Crippen molar-refractivity contribution in [1.82, 2.24) is 9.97 Å². The van der Waals surface area contributed by atoms with Crippen LogP contribution < -0.4 is 0 Å². The molecule has 0 atom stereocenters. The topological polar surface area (TPSA) is 25.8 Å². The fourth-order valence-corrected chi connectivity index (χ4v) is 1.93. The van der Waals surface area contributed by atoms with Crippen LogP contribution in [0.15, 0.2) is 27.6 Å². The normalized spacial score (nSPS) is 10.3. The lowest BCUT2D eigenvalue weighted by Gasteiger charge is -1.95. The maximum atomic E-state index is 13.2. The van der Waals surface area contributed by atoms with Crippen molar-refractivity contribution in [3.63, 3.8) is 0 Å². The van der Waals surface area contributed by atoms with E-state index in [0.29, 0.717) is 11.4 Å². The lowest BCUT2D eigenvalue weighted by atomic mass is 10.3. The quantitative estimate of drug-likeness (QED) is 0.786. The number of thiazole rings is 1. The maximum absolute atomic E-state index is 13.2. The van der Waals surface area contributed by atoms with E-state index in [1.807, 2.05) is 0 Å². The molecule has 0 aliphatic rings. The van der Waals surface area contributed by atoms with Crippen LogP contribution in [0.1, 0.15) is 0 Å². The molecule has 0 amide bonds. The van der Waals surface area contributed by atoms with Crippen molar-refractivity contribution < 1.29 is 4.39 Å². The van der Waals surface area contributed by atoms with Gasteiger partial charge in [-0.2, -0.15) is 0 Å². The van der Waals surface area contributed by atoms with Gasteiger partial charge in [0.05, 0.1) is 0 Å². The fourth-order valence-electron chi connectivity index (χ4n) is 0.935. The average Bonchev–Trinajstić information content (AvgIpc) is 2.53. The molecule has 2 heterocycles. The Balaban J connectivity index is 2.52. The summed E-state index contributed by atoms with van der Waals surface area (Å²) < 4.78 is 13.9. The third-order valence-corrected chi connectivity index (χ3v) is 2.84. The monoisotopic (exact) mass is 258 g/mol. The largest absolute Gasteiger partial charge is 0.251 e. The molecule has 0 radical (unpaired) electrons. The molecule has 13 heavy (non-hydrogen) atoms. The SMILES string of the molecule is Fc1cccnc1-c1csc(Br)n1. The summed E-state index contributed by atoms with van der Waals surface area (Å²) in [4.78, 5) is 7.98. The Morgan fingerprint density at radius 1 is 1.46 bits per heavy atom. The van der Waals surface area contributed by atoms with Gasteiger partial charge in [-0.05, 0) is 28.1 Å². The number of halogens is 2. The van der Waals surface area contributed by atoms with Crippen LogP contribution in [0.25, 0.3) is 11.4 Å². The highest BCUT2D eigenvalue weighted by Gasteiger charge is 2.08. The van der Waals surface area contributed by atoms with E-state index in [1.165, 1.54) is 17.4 Å². The highest BCUT2D eigenvalue weighted by Crippen LogP contribution is 2.24. The van der Waals surface area contributed by atoms with Crippen LogP contribution in [0, 0.1) is 5.82 Å². The predicted octanol–water partition coefficient (Wildman–Crippen LogP) is 3.11. The summed E-state index contributed by atoms with van der Waals surface area (Å²) in [5.74, 6) is -0.347. The first kappa shape index (κ1) is 8.77. The van der Waals surface area contributed by atoms with Crippen molar-refractivity contribution in [3.8, 4) is 11.4 Å². The van der Waals surface area contributed by atoms with E-state index in [0.717, 1.165) is 3.92 Å². The minimum atomic E-state index is -0.347. The second-order valence-electron chi connectivity index (χ2n) is 2.32. The van der Waals surface area contributed by atoms with Gasteiger partial charge in [-0.1, -0.05) is 0 Å². The van der Waals surface area contributed by atoms with Gasteiger partial charge < -0.3 is 0 Å². The minimum Gasteiger partial charge on any atom is -0.251 e. The molecule has 0 fully saturated rings. The molecule has 2 nitrogen and oxygen atoms in total. The minimum absolute atomic E-state index is 0.296. The van der Waals surface area contributed by atoms with Crippen molar-refractivity contribution in [2.24, 2.45) is 0 Å². The molecule has 0 saturated heterocycles. The summed E-state index contributed by atoms with van der Waals surface area (Å²) in [6, 6.07) is 2.93. The van der Waals surface area contributed by atoms with Gasteiger partial charge in [0.1, 0.15) is 11.4 Å². The van der Waals surface area contributed by atoms with Gasteiger partial charge >= 0.3 is 0 Å². The van der Waals surface area contributed by atoms with Crippen LogP contribution in [-0.4, -0.2) is 9.97 Å². The van der Waals surface area contributed by atoms with Crippen molar-refractivity contribution >= 4 is 27.3 Å². The van der Waals surface area contributed by atoms with E-state index in [2.05, 4.69) is 25.9 Å². The standard InChI is InChI=1S/C8H4BrFN2S/c9-8-12-6(4-13-8)7-5(10)2-1-3-11-7/h1-4H. The summed E-state index contributed by atoms with van der Waals surface area (Å²) in [5.41, 5.74) is 0.861. The number of aromatic nitrogens is 2. The lowest BCUT2D eigenvalue weighted by molar-refractivity contribution is 0.625. The van der Waals surface area contributed by atoms with Gasteiger partial charge in [0.15, 0.2) is 9.73 Å². The van der Waals surface area contributed by atoms with Gasteiger partial charge in [-0.15, -0.1) is 11.3 Å². The Kier molecular flexibility index (Phi) is 2.37. The van der Waals surface area contributed by atoms with E-state index < -0.39 is 0 Å². The van der Waals surface area contributed by atoms with Gasteiger partial charge in [-0.3, -0.25) is 4.98 Å². The molecule has 0 unspecified atom stereocenters. The van der Waals surface area contributed by atoms with Gasteiger partial charge in [0.25, 0.3) is 0 Å². The molecule has 2 aromatic heterocycles. The van der Waals surface area contributed by atoms with Crippen LogP contribution in [0.5, 0.6) is 0 Å². The van der Waals surface area contributed by atoms with E-state index in [9.17, 15) is 4.39 Å². The van der Waals surface area contributed by atoms with Gasteiger partial charge in [0.2, 0.25) is 0 Å². The summed E-state index contributed by atoms with van der Waals surface area (Å²) in [5, 5.41) is 1.76. The van der Waals surface area contributed by atoms with Crippen molar-refractivity contribution in [3.05, 3.63) is 33.4 Å². The number of hydrogen-bond donors (Lipinski definition) is 0. The zero-order chi connectivity index (χ0) is 9.26. The number of hydrogen-bond acceptors (Lipinski definition) is 3. The highest BCUT2D eigenvalue weighted by molar-refractivity contribution is 9.11. The highest BCUT2D eigenvalue weighted by atomic mass is 79.9. The van der Waals surface area contributed by atoms with Crippen LogP contribution in [0.3, 0.4) is 0 Å². The van der Waals surface area contributed by atoms with Crippen LogP contribution in [-0.2, 0) is 0 Å². The fraction of sp³-hybridized carbons (Fsp3) is 0. The van der Waals surface area contributed by atoms with Gasteiger partial charge in [0, 0.05) is 11.6 Å². The summed E-state index contributed by atoms with van der Waals surface area (Å²) in [7, 11) is 0. The number of rotatable bonds is 1. The Labute approximate surface area is 86.6 Å². The summed E-state index contributed by atoms with van der Waals surface area (Å²) in [6.07, 6.45) is 1.55. The smallest absolute Gasteiger partial charge is 0.159 e. The van der Waals surface area contributed by atoms with E-state index in [-0.39, 0.29) is 5.82 Å². The Morgan fingerprint density at radius 2 is 2.31 bits per heavy atom. The molecular weight excluding hydrogens is 255 g/mol. The molecule has 0 aromatic carbocycles. The van der Waals surface area contributed by atoms with E-state index in [1.54, 1.807) is 17.6 Å². The molecule has 2 aromatic rings. The van der Waals surface area contributed by atoms with Crippen molar-refractivity contribution in [2.45, 2.75) is 0 Å². The first-order chi connectivity index (χ1) is 6.27. The Morgan fingerprint density at radius 3 is 2.92 bits per heavy atom. The Hall–Kier alpha value is -0.810. The zero-order valence-electron chi connectivity index (χ0n) is 6.37. The second kappa shape index (κ2) is 3.51. The maximum Gasteiger partial charge on any atom is 0.159 e. The first-order valence-electron chi connectivity index (χ1n) is 3.49. The molecule has 0 bridgehead atoms. The van der Waals surface area contributed by atoms with Crippen molar-refractivity contribution in [2.75, 3.05) is 0 Å². The predicted molar refractivity (Wildman–Crippen MR) is 53.0 cm³/mol. The molecule has 0 saturated carbocycles. The molecule has 66 valence electrons. The second-order valence-corrected chi connectivity index (χ2v) is 4.45. The van der Waals surface area contributed by atoms with Crippen LogP contribution >= 0.6 is 27.3 Å². The Bertz CT molecular complexity index is 430. The first-order valence-corrected chi connectivity index (χ1v) is 5.16. The molecule has 0 spiro atoms. The van der Waals surface area contributed by atoms with E-state index in [4.69, 9.17) is 0 Å². The molecule has 5 heteroatoms. The molecule has 0 N–H and O–H groups in total. The van der Waals surface area contributed by atoms with Crippen LogP contribution in [0.4, 0.5) is 4.39 Å². The third-order valence-electron chi connectivity index (χ3n) is 1.48. The van der Waals surface area contributed by atoms with Gasteiger partial charge in [-0.25, -0.2) is 9.37 Å². The molecule has 0 aliphatic carbocycles. The average molecular weight is 259 g/mol. The molecule has 2 rings (SSSR count). The molecule has 0 aliphatic heterocycles. The van der Waals surface area contributed by atoms with Crippen LogP contribution in [0.2, 0.25) is 0 Å². The zero-order valence-corrected chi connectivity index (χ0v) is 8.77.